The van der Waals surface area contributed by atoms with E-state index in [4.69, 9.17) is 5.11 Å². The van der Waals surface area contributed by atoms with Crippen molar-refractivity contribution in [3.05, 3.63) is 40.8 Å². The number of hydrogen-bond acceptors (Lipinski definition) is 5. The molecule has 0 aromatic carbocycles. The molecule has 0 aliphatic rings. The predicted molar refractivity (Wildman–Crippen MR) is 62.7 cm³/mol. The Bertz CT molecular complexity index is 654. The lowest BCUT2D eigenvalue weighted by atomic mass is 10.4. The molecule has 98 valence electrons. The van der Waals surface area contributed by atoms with E-state index in [0.29, 0.717) is 5.69 Å². The maximum Gasteiger partial charge on any atom is 0.325 e. The van der Waals surface area contributed by atoms with Crippen molar-refractivity contribution >= 4 is 17.6 Å². The molecular formula is C10H9N5O4. The molecule has 0 atom stereocenters. The van der Waals surface area contributed by atoms with Crippen LogP contribution in [0.2, 0.25) is 0 Å². The Morgan fingerprint density at radius 2 is 2.21 bits per heavy atom. The molecule has 19 heavy (non-hydrogen) atoms. The number of rotatable bonds is 4. The summed E-state index contributed by atoms with van der Waals surface area (Å²) in [6, 6.07) is 0. The fourth-order valence-electron chi connectivity index (χ4n) is 1.31. The molecule has 0 unspecified atom stereocenters. The number of carboxylic acids is 1. The molecule has 0 bridgehead atoms. The van der Waals surface area contributed by atoms with E-state index in [2.05, 4.69) is 20.4 Å². The van der Waals surface area contributed by atoms with Crippen molar-refractivity contribution in [2.75, 3.05) is 5.32 Å². The molecule has 0 aliphatic carbocycles. The van der Waals surface area contributed by atoms with Gasteiger partial charge in [0.1, 0.15) is 12.2 Å². The normalized spacial score (nSPS) is 10.1. The summed E-state index contributed by atoms with van der Waals surface area (Å²) in [6.07, 6.45) is 4.85. The van der Waals surface area contributed by atoms with Crippen molar-refractivity contribution in [2.24, 2.45) is 0 Å². The molecule has 9 heteroatoms. The van der Waals surface area contributed by atoms with Gasteiger partial charge >= 0.3 is 5.97 Å². The second-order valence-electron chi connectivity index (χ2n) is 3.57. The number of anilines is 1. The van der Waals surface area contributed by atoms with E-state index in [0.717, 1.165) is 10.9 Å². The fraction of sp³-hybridized carbons (Fsp3) is 0.100. The molecule has 1 amide bonds. The first kappa shape index (κ1) is 12.5. The van der Waals surface area contributed by atoms with Gasteiger partial charge in [-0.25, -0.2) is 4.98 Å². The SMILES string of the molecule is O=C(O)Cn1cc(NC(=O)c2c[nH]c(=O)cn2)cn1. The van der Waals surface area contributed by atoms with Gasteiger partial charge in [-0.2, -0.15) is 5.10 Å². The zero-order chi connectivity index (χ0) is 13.8. The number of aromatic nitrogens is 4. The molecule has 0 saturated carbocycles. The van der Waals surface area contributed by atoms with Gasteiger partial charge in [0, 0.05) is 12.4 Å². The van der Waals surface area contributed by atoms with Gasteiger partial charge in [-0.05, 0) is 0 Å². The number of hydrogen-bond donors (Lipinski definition) is 3. The molecule has 2 heterocycles. The molecule has 2 aromatic heterocycles. The Hall–Kier alpha value is -2.97. The van der Waals surface area contributed by atoms with Gasteiger partial charge in [-0.1, -0.05) is 0 Å². The van der Waals surface area contributed by atoms with Gasteiger partial charge in [0.15, 0.2) is 0 Å². The maximum atomic E-state index is 11.7. The number of carbonyl (C=O) groups excluding carboxylic acids is 1. The van der Waals surface area contributed by atoms with E-state index in [-0.39, 0.29) is 12.2 Å². The summed E-state index contributed by atoms with van der Waals surface area (Å²) in [5, 5.41) is 14.8. The van der Waals surface area contributed by atoms with Gasteiger partial charge in [-0.3, -0.25) is 19.1 Å². The Morgan fingerprint density at radius 3 is 2.84 bits per heavy atom. The monoisotopic (exact) mass is 263 g/mol. The lowest BCUT2D eigenvalue weighted by Gasteiger charge is -2.00. The quantitative estimate of drug-likeness (QED) is 0.668. The molecule has 3 N–H and O–H groups in total. The van der Waals surface area contributed by atoms with Crippen molar-refractivity contribution in [3.8, 4) is 0 Å². The molecular weight excluding hydrogens is 254 g/mol. The van der Waals surface area contributed by atoms with Crippen molar-refractivity contribution in [2.45, 2.75) is 6.54 Å². The summed E-state index contributed by atoms with van der Waals surface area (Å²) < 4.78 is 1.16. The predicted octanol–water partition coefficient (Wildman–Crippen LogP) is -0.697. The third kappa shape index (κ3) is 3.25. The second-order valence-corrected chi connectivity index (χ2v) is 3.57. The van der Waals surface area contributed by atoms with Crippen LogP contribution in [0.4, 0.5) is 5.69 Å². The topological polar surface area (TPSA) is 130 Å². The highest BCUT2D eigenvalue weighted by Gasteiger charge is 2.09. The molecule has 0 fully saturated rings. The van der Waals surface area contributed by atoms with Crippen molar-refractivity contribution in [3.63, 3.8) is 0 Å². The first-order valence-corrected chi connectivity index (χ1v) is 5.15. The smallest absolute Gasteiger partial charge is 0.325 e. The van der Waals surface area contributed by atoms with E-state index in [9.17, 15) is 14.4 Å². The first-order chi connectivity index (χ1) is 9.04. The van der Waals surface area contributed by atoms with Crippen LogP contribution in [-0.4, -0.2) is 36.7 Å². The third-order valence-electron chi connectivity index (χ3n) is 2.09. The number of carbonyl (C=O) groups is 2. The Kier molecular flexibility index (Phi) is 3.37. The van der Waals surface area contributed by atoms with E-state index in [1.165, 1.54) is 18.6 Å². The number of amides is 1. The minimum atomic E-state index is -1.04. The molecule has 0 radical (unpaired) electrons. The average Bonchev–Trinajstić information content (AvgIpc) is 2.76. The number of aliphatic carboxylic acids is 1. The first-order valence-electron chi connectivity index (χ1n) is 5.15. The third-order valence-corrected chi connectivity index (χ3v) is 2.09. The molecule has 0 saturated heterocycles. The number of H-pyrrole nitrogens is 1. The molecule has 2 rings (SSSR count). The second kappa shape index (κ2) is 5.12. The average molecular weight is 263 g/mol. The number of nitrogens with zero attached hydrogens (tertiary/aromatic N) is 3. The van der Waals surface area contributed by atoms with E-state index in [1.807, 2.05) is 0 Å². The summed E-state index contributed by atoms with van der Waals surface area (Å²) >= 11 is 0. The Morgan fingerprint density at radius 1 is 1.42 bits per heavy atom. The Balaban J connectivity index is 2.06. The van der Waals surface area contributed by atoms with E-state index in [1.54, 1.807) is 0 Å². The van der Waals surface area contributed by atoms with Gasteiger partial charge in [0.2, 0.25) is 0 Å². The summed E-state index contributed by atoms with van der Waals surface area (Å²) in [5.74, 6) is -1.57. The zero-order valence-corrected chi connectivity index (χ0v) is 9.53. The van der Waals surface area contributed by atoms with Crippen LogP contribution in [0.5, 0.6) is 0 Å². The molecule has 0 spiro atoms. The van der Waals surface area contributed by atoms with Crippen LogP contribution >= 0.6 is 0 Å². The van der Waals surface area contributed by atoms with Gasteiger partial charge in [0.25, 0.3) is 11.5 Å². The highest BCUT2D eigenvalue weighted by atomic mass is 16.4. The van der Waals surface area contributed by atoms with Crippen molar-refractivity contribution < 1.29 is 14.7 Å². The van der Waals surface area contributed by atoms with Gasteiger partial charge in [0.05, 0.1) is 18.1 Å². The van der Waals surface area contributed by atoms with Crippen LogP contribution in [-0.2, 0) is 11.3 Å². The van der Waals surface area contributed by atoms with Crippen LogP contribution in [0.1, 0.15) is 10.5 Å². The number of aromatic amines is 1. The highest BCUT2D eigenvalue weighted by molar-refractivity contribution is 6.02. The van der Waals surface area contributed by atoms with Crippen LogP contribution in [0.15, 0.2) is 29.6 Å². The lowest BCUT2D eigenvalue weighted by molar-refractivity contribution is -0.137. The minimum Gasteiger partial charge on any atom is -0.480 e. The molecule has 2 aromatic rings. The molecule has 0 aliphatic heterocycles. The van der Waals surface area contributed by atoms with Crippen LogP contribution < -0.4 is 10.9 Å². The Labute approximate surface area is 105 Å². The maximum absolute atomic E-state index is 11.7. The largest absolute Gasteiger partial charge is 0.480 e. The summed E-state index contributed by atoms with van der Waals surface area (Å²) in [4.78, 5) is 38.9. The summed E-state index contributed by atoms with van der Waals surface area (Å²) in [7, 11) is 0. The van der Waals surface area contributed by atoms with Crippen LogP contribution in [0.25, 0.3) is 0 Å². The minimum absolute atomic E-state index is 0.0329. The van der Waals surface area contributed by atoms with Crippen molar-refractivity contribution in [1.29, 1.82) is 0 Å². The molecule has 9 nitrogen and oxygen atoms in total. The van der Waals surface area contributed by atoms with Crippen LogP contribution in [0.3, 0.4) is 0 Å². The highest BCUT2D eigenvalue weighted by Crippen LogP contribution is 2.06. The van der Waals surface area contributed by atoms with Gasteiger partial charge < -0.3 is 15.4 Å². The standard InChI is InChI=1S/C10H9N5O4/c16-8-3-11-7(2-12-8)10(19)14-6-1-13-15(4-6)5-9(17)18/h1-4H,5H2,(H,12,16)(H,14,19)(H,17,18). The van der Waals surface area contributed by atoms with E-state index >= 15 is 0 Å². The zero-order valence-electron chi connectivity index (χ0n) is 9.53. The fourth-order valence-corrected chi connectivity index (χ4v) is 1.31. The summed E-state index contributed by atoms with van der Waals surface area (Å²) in [5.41, 5.74) is -0.0457. The number of carboxylic acid groups (broad SMARTS) is 1. The van der Waals surface area contributed by atoms with Crippen molar-refractivity contribution in [1.82, 2.24) is 19.7 Å². The summed E-state index contributed by atoms with van der Waals surface area (Å²) in [6.45, 7) is -0.299. The van der Waals surface area contributed by atoms with Gasteiger partial charge in [-0.15, -0.1) is 0 Å². The van der Waals surface area contributed by atoms with E-state index < -0.39 is 17.4 Å². The van der Waals surface area contributed by atoms with Crippen LogP contribution in [0, 0.1) is 0 Å². The lowest BCUT2D eigenvalue weighted by Crippen LogP contribution is -2.16. The number of nitrogens with one attached hydrogen (secondary N) is 2.